The van der Waals surface area contributed by atoms with E-state index in [0.29, 0.717) is 0 Å². The van der Waals surface area contributed by atoms with Crippen molar-refractivity contribution in [3.63, 3.8) is 0 Å². The Balaban J connectivity index is 0.00000121. The molecule has 1 fully saturated rings. The Hall–Kier alpha value is -0.650. The second-order valence-electron chi connectivity index (χ2n) is 2.55. The van der Waals surface area contributed by atoms with E-state index in [-0.39, 0.29) is 22.4 Å². The number of carbonyl (C=O) groups is 3. The van der Waals surface area contributed by atoms with Crippen molar-refractivity contribution in [1.29, 1.82) is 0 Å². The Morgan fingerprint density at radius 1 is 1.17 bits per heavy atom. The van der Waals surface area contributed by atoms with Crippen LogP contribution in [0.1, 0.15) is 12.8 Å². The molecule has 0 N–H and O–H groups in total. The molecule has 0 saturated heterocycles. The quantitative estimate of drug-likeness (QED) is 0.387. The fraction of sp³-hybridized carbons (Fsp3) is 0.500. The summed E-state index contributed by atoms with van der Waals surface area (Å²) in [6.07, 6.45) is -1.00. The Labute approximate surface area is 83.3 Å². The van der Waals surface area contributed by atoms with Crippen LogP contribution in [-0.2, 0) is 36.8 Å². The van der Waals surface area contributed by atoms with E-state index < -0.39 is 36.0 Å². The first kappa shape index (κ1) is 11.4. The van der Waals surface area contributed by atoms with Crippen LogP contribution in [-0.4, -0.2) is 17.7 Å². The molecular weight excluding hydrogens is 260 g/mol. The Kier molecular flexibility index (Phi) is 3.20. The maximum Gasteiger partial charge on any atom is 0.135 e. The molecular formula is C6H4AgO5-2. The fourth-order valence-electron chi connectivity index (χ4n) is 0.993. The zero-order valence-corrected chi connectivity index (χ0v) is 7.24. The molecule has 12 heavy (non-hydrogen) atoms. The summed E-state index contributed by atoms with van der Waals surface area (Å²) in [6, 6.07) is 0. The number of carbonyl (C=O) groups excluding carboxylic acids is 3. The molecule has 0 bridgehead atoms. The maximum absolute atomic E-state index is 10.3. The minimum atomic E-state index is -2.04. The summed E-state index contributed by atoms with van der Waals surface area (Å²) in [6.45, 7) is 0. The Morgan fingerprint density at radius 2 is 1.50 bits per heavy atom. The third-order valence-electron chi connectivity index (χ3n) is 1.78. The van der Waals surface area contributed by atoms with Gasteiger partial charge in [-0.2, -0.15) is 0 Å². The number of hydrogen-bond donors (Lipinski definition) is 0. The van der Waals surface area contributed by atoms with E-state index in [1.54, 1.807) is 0 Å². The van der Waals surface area contributed by atoms with Crippen LogP contribution in [0.4, 0.5) is 0 Å². The van der Waals surface area contributed by atoms with Crippen LogP contribution in [0, 0.1) is 5.41 Å². The molecule has 71 valence electrons. The minimum absolute atomic E-state index is 0. The van der Waals surface area contributed by atoms with Crippen LogP contribution in [0.5, 0.6) is 0 Å². The van der Waals surface area contributed by atoms with E-state index in [2.05, 4.69) is 0 Å². The van der Waals surface area contributed by atoms with Gasteiger partial charge in [-0.1, -0.05) is 0 Å². The predicted octanol–water partition coefficient (Wildman–Crippen LogP) is -3.17. The molecule has 1 radical (unpaired) electrons. The molecule has 6 heteroatoms. The first-order chi connectivity index (χ1) is 4.99. The molecule has 1 aliphatic rings. The van der Waals surface area contributed by atoms with Crippen molar-refractivity contribution in [3.05, 3.63) is 0 Å². The first-order valence-corrected chi connectivity index (χ1v) is 2.93. The van der Waals surface area contributed by atoms with Gasteiger partial charge in [0, 0.05) is 35.2 Å². The monoisotopic (exact) mass is 263 g/mol. The molecule has 5 nitrogen and oxygen atoms in total. The van der Waals surface area contributed by atoms with Crippen molar-refractivity contribution in [3.8, 4) is 0 Å². The second-order valence-corrected chi connectivity index (χ2v) is 2.55. The van der Waals surface area contributed by atoms with Crippen LogP contribution in [0.3, 0.4) is 0 Å². The zero-order valence-electron chi connectivity index (χ0n) is 5.76. The number of rotatable bonds is 2. The van der Waals surface area contributed by atoms with Gasteiger partial charge < -0.3 is 19.8 Å². The van der Waals surface area contributed by atoms with Gasteiger partial charge in [0.2, 0.25) is 0 Å². The van der Waals surface area contributed by atoms with Crippen molar-refractivity contribution in [2.75, 3.05) is 0 Å². The molecule has 1 rings (SSSR count). The average Bonchev–Trinajstić information content (AvgIpc) is 1.78. The van der Waals surface area contributed by atoms with Crippen molar-refractivity contribution in [2.45, 2.75) is 12.8 Å². The summed E-state index contributed by atoms with van der Waals surface area (Å²) in [5.74, 6) is -3.87. The third kappa shape index (κ3) is 1.43. The van der Waals surface area contributed by atoms with Gasteiger partial charge in [0.25, 0.3) is 0 Å². The van der Waals surface area contributed by atoms with E-state index in [4.69, 9.17) is 0 Å². The van der Waals surface area contributed by atoms with Crippen molar-refractivity contribution in [2.24, 2.45) is 5.41 Å². The van der Waals surface area contributed by atoms with Crippen LogP contribution >= 0.6 is 0 Å². The second kappa shape index (κ2) is 3.38. The average molecular weight is 264 g/mol. The number of hydrogen-bond acceptors (Lipinski definition) is 5. The van der Waals surface area contributed by atoms with Gasteiger partial charge in [-0.3, -0.25) is 4.79 Å². The van der Waals surface area contributed by atoms with Gasteiger partial charge in [-0.25, -0.2) is 0 Å². The van der Waals surface area contributed by atoms with Crippen molar-refractivity contribution < 1.29 is 47.0 Å². The smallest absolute Gasteiger partial charge is 0.135 e. The van der Waals surface area contributed by atoms with Gasteiger partial charge in [0.1, 0.15) is 5.78 Å². The molecule has 0 atom stereocenters. The van der Waals surface area contributed by atoms with E-state index >= 15 is 0 Å². The van der Waals surface area contributed by atoms with Crippen LogP contribution in [0.25, 0.3) is 0 Å². The molecule has 1 saturated carbocycles. The molecule has 0 aromatic rings. The summed E-state index contributed by atoms with van der Waals surface area (Å²) < 4.78 is 0. The van der Waals surface area contributed by atoms with Crippen molar-refractivity contribution >= 4 is 17.7 Å². The molecule has 0 spiro atoms. The van der Waals surface area contributed by atoms with Gasteiger partial charge >= 0.3 is 0 Å². The number of aliphatic carboxylic acids is 2. The summed E-state index contributed by atoms with van der Waals surface area (Å²) in [5, 5.41) is 20.4. The summed E-state index contributed by atoms with van der Waals surface area (Å²) >= 11 is 0. The summed E-state index contributed by atoms with van der Waals surface area (Å²) in [5.41, 5.74) is -2.04. The summed E-state index contributed by atoms with van der Waals surface area (Å²) in [7, 11) is 0. The standard InChI is InChI=1S/C6H6O5.Ag/c7-3-1-6(2-3,4(8)9)5(10)11;/h1-2H2,(H,8,9)(H,10,11);/p-2. The first-order valence-electron chi connectivity index (χ1n) is 2.93. The number of Topliss-reactive ketones (excluding diaryl/α,β-unsaturated/α-hetero) is 1. The molecule has 0 unspecified atom stereocenters. The topological polar surface area (TPSA) is 97.3 Å². The SMILES string of the molecule is O=C1CC(C(=O)[O-])(C(=O)[O-])C1.[Ag]. The van der Waals surface area contributed by atoms with Gasteiger partial charge in [0.15, 0.2) is 0 Å². The van der Waals surface area contributed by atoms with E-state index in [1.165, 1.54) is 0 Å². The Bertz CT molecular complexity index is 222. The number of carboxylic acid groups (broad SMARTS) is 2. The van der Waals surface area contributed by atoms with Gasteiger partial charge in [-0.05, 0) is 0 Å². The van der Waals surface area contributed by atoms with Gasteiger partial charge in [-0.15, -0.1) is 0 Å². The molecule has 1 aliphatic carbocycles. The van der Waals surface area contributed by atoms with Crippen LogP contribution in [0.15, 0.2) is 0 Å². The number of ketones is 1. The van der Waals surface area contributed by atoms with Gasteiger partial charge in [0.05, 0.1) is 17.4 Å². The van der Waals surface area contributed by atoms with Crippen LogP contribution in [0.2, 0.25) is 0 Å². The molecule has 0 amide bonds. The molecule has 0 aliphatic heterocycles. The maximum atomic E-state index is 10.3. The molecule has 0 aromatic heterocycles. The van der Waals surface area contributed by atoms with E-state index in [1.807, 2.05) is 0 Å². The van der Waals surface area contributed by atoms with E-state index in [0.717, 1.165) is 0 Å². The normalized spacial score (nSPS) is 18.8. The van der Waals surface area contributed by atoms with Crippen LogP contribution < -0.4 is 10.2 Å². The fourth-order valence-corrected chi connectivity index (χ4v) is 0.993. The predicted molar refractivity (Wildman–Crippen MR) is 26.7 cm³/mol. The Morgan fingerprint density at radius 3 is 1.58 bits per heavy atom. The molecule has 0 heterocycles. The number of carboxylic acids is 2. The summed E-state index contributed by atoms with van der Waals surface area (Å²) in [4.78, 5) is 30.8. The van der Waals surface area contributed by atoms with E-state index in [9.17, 15) is 24.6 Å². The third-order valence-corrected chi connectivity index (χ3v) is 1.78. The molecule has 0 aromatic carbocycles. The van der Waals surface area contributed by atoms with Crippen molar-refractivity contribution in [1.82, 2.24) is 0 Å². The minimum Gasteiger partial charge on any atom is -0.549 e. The largest absolute Gasteiger partial charge is 0.549 e. The zero-order chi connectivity index (χ0) is 8.65.